The number of hydrogen-bond acceptors (Lipinski definition) is 4. The molecule has 1 amide bonds. The van der Waals surface area contributed by atoms with Crippen LogP contribution >= 0.6 is 0 Å². The SMILES string of the molecule is COc1cccc([C@@H](C)NC2CN(C(=O)OC(C)(C)C)C2)c1. The lowest BCUT2D eigenvalue weighted by molar-refractivity contribution is 0.00434. The van der Waals surface area contributed by atoms with Crippen molar-refractivity contribution >= 4 is 6.09 Å². The molecule has 1 aromatic carbocycles. The van der Waals surface area contributed by atoms with Crippen LogP contribution in [0.1, 0.15) is 39.3 Å². The van der Waals surface area contributed by atoms with Crippen LogP contribution in [0.5, 0.6) is 5.75 Å². The van der Waals surface area contributed by atoms with E-state index in [9.17, 15) is 4.79 Å². The minimum Gasteiger partial charge on any atom is -0.497 e. The minimum atomic E-state index is -0.441. The van der Waals surface area contributed by atoms with Crippen LogP contribution in [0.15, 0.2) is 24.3 Å². The van der Waals surface area contributed by atoms with Gasteiger partial charge >= 0.3 is 6.09 Å². The number of benzene rings is 1. The number of likely N-dealkylation sites (tertiary alicyclic amines) is 1. The fourth-order valence-corrected chi connectivity index (χ4v) is 2.42. The van der Waals surface area contributed by atoms with Crippen LogP contribution in [0.25, 0.3) is 0 Å². The Bertz CT molecular complexity index is 519. The van der Waals surface area contributed by atoms with Gasteiger partial charge in [0.05, 0.1) is 7.11 Å². The molecular weight excluding hydrogens is 280 g/mol. The highest BCUT2D eigenvalue weighted by atomic mass is 16.6. The van der Waals surface area contributed by atoms with Gasteiger partial charge in [-0.2, -0.15) is 0 Å². The Morgan fingerprint density at radius 1 is 1.36 bits per heavy atom. The first-order valence-corrected chi connectivity index (χ1v) is 7.66. The smallest absolute Gasteiger partial charge is 0.410 e. The highest BCUT2D eigenvalue weighted by Gasteiger charge is 2.34. The molecule has 1 heterocycles. The van der Waals surface area contributed by atoms with E-state index < -0.39 is 5.60 Å². The van der Waals surface area contributed by atoms with Crippen LogP contribution in [-0.4, -0.2) is 42.8 Å². The Morgan fingerprint density at radius 2 is 2.05 bits per heavy atom. The summed E-state index contributed by atoms with van der Waals surface area (Å²) in [5, 5.41) is 3.53. The predicted molar refractivity (Wildman–Crippen MR) is 86.1 cm³/mol. The largest absolute Gasteiger partial charge is 0.497 e. The molecule has 5 nitrogen and oxygen atoms in total. The Labute approximate surface area is 132 Å². The van der Waals surface area contributed by atoms with Crippen molar-refractivity contribution in [2.24, 2.45) is 0 Å². The van der Waals surface area contributed by atoms with E-state index in [-0.39, 0.29) is 12.1 Å². The van der Waals surface area contributed by atoms with Crippen molar-refractivity contribution in [1.29, 1.82) is 0 Å². The molecule has 1 aliphatic rings. The first kappa shape index (κ1) is 16.6. The molecule has 2 rings (SSSR count). The number of ether oxygens (including phenoxy) is 2. The fourth-order valence-electron chi connectivity index (χ4n) is 2.42. The van der Waals surface area contributed by atoms with E-state index in [0.29, 0.717) is 19.1 Å². The van der Waals surface area contributed by atoms with Gasteiger partial charge in [0.2, 0.25) is 0 Å². The number of carbonyl (C=O) groups is 1. The number of amides is 1. The van der Waals surface area contributed by atoms with Crippen LogP contribution in [-0.2, 0) is 4.74 Å². The predicted octanol–water partition coefficient (Wildman–Crippen LogP) is 2.97. The molecule has 1 saturated heterocycles. The molecule has 0 unspecified atom stereocenters. The maximum absolute atomic E-state index is 11.9. The van der Waals surface area contributed by atoms with Gasteiger partial charge in [0.1, 0.15) is 11.4 Å². The molecule has 0 aliphatic carbocycles. The van der Waals surface area contributed by atoms with E-state index in [2.05, 4.69) is 18.3 Å². The quantitative estimate of drug-likeness (QED) is 0.929. The van der Waals surface area contributed by atoms with Crippen molar-refractivity contribution < 1.29 is 14.3 Å². The van der Waals surface area contributed by atoms with Crippen LogP contribution in [0.2, 0.25) is 0 Å². The molecule has 1 aromatic rings. The standard InChI is InChI=1S/C17H26N2O3/c1-12(13-7-6-8-15(9-13)21-5)18-14-10-19(11-14)16(20)22-17(2,3)4/h6-9,12,14,18H,10-11H2,1-5H3/t12-/m1/s1. The first-order chi connectivity index (χ1) is 10.3. The summed E-state index contributed by atoms with van der Waals surface area (Å²) in [6.45, 7) is 9.12. The molecule has 1 N–H and O–H groups in total. The third-order valence-corrected chi connectivity index (χ3v) is 3.61. The maximum Gasteiger partial charge on any atom is 0.410 e. The van der Waals surface area contributed by atoms with Gasteiger partial charge < -0.3 is 19.7 Å². The van der Waals surface area contributed by atoms with Crippen LogP contribution in [0.3, 0.4) is 0 Å². The zero-order valence-electron chi connectivity index (χ0n) is 14.1. The Kier molecular flexibility index (Phi) is 4.96. The van der Waals surface area contributed by atoms with Gasteiger partial charge in [-0.3, -0.25) is 0 Å². The minimum absolute atomic E-state index is 0.209. The molecule has 0 saturated carbocycles. The second-order valence-electron chi connectivity index (χ2n) is 6.75. The molecule has 0 aromatic heterocycles. The van der Waals surface area contributed by atoms with Gasteiger partial charge in [-0.05, 0) is 45.4 Å². The van der Waals surface area contributed by atoms with E-state index in [0.717, 1.165) is 5.75 Å². The monoisotopic (exact) mass is 306 g/mol. The molecular formula is C17H26N2O3. The summed E-state index contributed by atoms with van der Waals surface area (Å²) in [5.41, 5.74) is 0.735. The van der Waals surface area contributed by atoms with E-state index in [1.807, 2.05) is 39.0 Å². The summed E-state index contributed by atoms with van der Waals surface area (Å²) < 4.78 is 10.6. The lowest BCUT2D eigenvalue weighted by Gasteiger charge is -2.41. The van der Waals surface area contributed by atoms with Crippen LogP contribution in [0, 0.1) is 0 Å². The Balaban J connectivity index is 1.80. The molecule has 1 fully saturated rings. The Morgan fingerprint density at radius 3 is 2.64 bits per heavy atom. The fraction of sp³-hybridized carbons (Fsp3) is 0.588. The lowest BCUT2D eigenvalue weighted by Crippen LogP contribution is -2.60. The second-order valence-corrected chi connectivity index (χ2v) is 6.75. The molecule has 0 spiro atoms. The molecule has 0 radical (unpaired) electrons. The summed E-state index contributed by atoms with van der Waals surface area (Å²) in [7, 11) is 1.67. The zero-order valence-corrected chi connectivity index (χ0v) is 14.1. The van der Waals surface area contributed by atoms with Gasteiger partial charge in [-0.15, -0.1) is 0 Å². The van der Waals surface area contributed by atoms with Crippen molar-refractivity contribution in [3.05, 3.63) is 29.8 Å². The molecule has 1 atom stereocenters. The number of rotatable bonds is 4. The van der Waals surface area contributed by atoms with Crippen molar-refractivity contribution in [2.75, 3.05) is 20.2 Å². The van der Waals surface area contributed by atoms with Crippen LogP contribution < -0.4 is 10.1 Å². The maximum atomic E-state index is 11.9. The number of carbonyl (C=O) groups excluding carboxylic acids is 1. The third kappa shape index (κ3) is 4.37. The summed E-state index contributed by atoms with van der Waals surface area (Å²) in [4.78, 5) is 13.6. The van der Waals surface area contributed by atoms with Gasteiger partial charge in [-0.1, -0.05) is 12.1 Å². The van der Waals surface area contributed by atoms with E-state index in [1.54, 1.807) is 12.0 Å². The molecule has 5 heteroatoms. The summed E-state index contributed by atoms with van der Waals surface area (Å²) in [6.07, 6.45) is -0.236. The van der Waals surface area contributed by atoms with Crippen LogP contribution in [0.4, 0.5) is 4.79 Å². The highest BCUT2D eigenvalue weighted by molar-refractivity contribution is 5.69. The normalized spacial score (nSPS) is 16.9. The highest BCUT2D eigenvalue weighted by Crippen LogP contribution is 2.21. The van der Waals surface area contributed by atoms with Gasteiger partial charge in [0.15, 0.2) is 0 Å². The number of methoxy groups -OCH3 is 1. The van der Waals surface area contributed by atoms with E-state index in [1.165, 1.54) is 5.56 Å². The summed E-state index contributed by atoms with van der Waals surface area (Å²) in [5.74, 6) is 0.857. The summed E-state index contributed by atoms with van der Waals surface area (Å²) >= 11 is 0. The Hall–Kier alpha value is -1.75. The van der Waals surface area contributed by atoms with Crippen molar-refractivity contribution in [2.45, 2.75) is 45.4 Å². The van der Waals surface area contributed by atoms with E-state index in [4.69, 9.17) is 9.47 Å². The first-order valence-electron chi connectivity index (χ1n) is 7.66. The average molecular weight is 306 g/mol. The molecule has 122 valence electrons. The number of hydrogen-bond donors (Lipinski definition) is 1. The van der Waals surface area contributed by atoms with Gasteiger partial charge in [-0.25, -0.2) is 4.79 Å². The third-order valence-electron chi connectivity index (χ3n) is 3.61. The summed E-state index contributed by atoms with van der Waals surface area (Å²) in [6, 6.07) is 8.53. The number of nitrogens with zero attached hydrogens (tertiary/aromatic N) is 1. The molecule has 1 aliphatic heterocycles. The molecule has 0 bridgehead atoms. The van der Waals surface area contributed by atoms with Crippen molar-refractivity contribution in [1.82, 2.24) is 10.2 Å². The molecule has 22 heavy (non-hydrogen) atoms. The van der Waals surface area contributed by atoms with Gasteiger partial charge in [0.25, 0.3) is 0 Å². The van der Waals surface area contributed by atoms with Crippen molar-refractivity contribution in [3.63, 3.8) is 0 Å². The average Bonchev–Trinajstić information content (AvgIpc) is 2.40. The lowest BCUT2D eigenvalue weighted by atomic mass is 10.0. The topological polar surface area (TPSA) is 50.8 Å². The second kappa shape index (κ2) is 6.57. The number of nitrogens with one attached hydrogen (secondary N) is 1. The van der Waals surface area contributed by atoms with Crippen molar-refractivity contribution in [3.8, 4) is 5.75 Å². The zero-order chi connectivity index (χ0) is 16.3. The van der Waals surface area contributed by atoms with E-state index >= 15 is 0 Å². The van der Waals surface area contributed by atoms with Gasteiger partial charge in [0, 0.05) is 25.2 Å².